The molecule has 1 fully saturated rings. The molecule has 0 amide bonds. The lowest BCUT2D eigenvalue weighted by Crippen LogP contribution is -2.39. The number of nitrogens with two attached hydrogens (primary N) is 1. The van der Waals surface area contributed by atoms with Gasteiger partial charge in [-0.1, -0.05) is 5.16 Å². The van der Waals surface area contributed by atoms with E-state index in [1.807, 2.05) is 0 Å². The van der Waals surface area contributed by atoms with Gasteiger partial charge in [-0.05, 0) is 0 Å². The maximum absolute atomic E-state index is 8.53. The molecule has 7 heteroatoms. The molecule has 3 N–H and O–H groups in total. The first-order chi connectivity index (χ1) is 7.31. The van der Waals surface area contributed by atoms with Gasteiger partial charge in [-0.15, -0.1) is 0 Å². The Hall–Kier alpha value is -1.89. The normalized spacial score (nSPS) is 17.2. The number of nitrogens with zero attached hydrogens (tertiary/aromatic N) is 3. The Kier molecular flexibility index (Phi) is 2.64. The molecular formula is C8H10N4O3. The van der Waals surface area contributed by atoms with Crippen molar-refractivity contribution in [3.8, 4) is 5.88 Å². The third kappa shape index (κ3) is 1.96. The predicted molar refractivity (Wildman–Crippen MR) is 49.8 cm³/mol. The van der Waals surface area contributed by atoms with Crippen LogP contribution >= 0.6 is 0 Å². The van der Waals surface area contributed by atoms with E-state index in [1.165, 1.54) is 12.4 Å². The highest BCUT2D eigenvalue weighted by Crippen LogP contribution is 2.16. The first-order valence-corrected chi connectivity index (χ1v) is 4.34. The highest BCUT2D eigenvalue weighted by atomic mass is 16.6. The largest absolute Gasteiger partial charge is 0.468 e. The summed E-state index contributed by atoms with van der Waals surface area (Å²) in [4.78, 5) is 7.87. The van der Waals surface area contributed by atoms with E-state index in [2.05, 4.69) is 15.1 Å². The standard InChI is InChI=1S/C8H10N4O3/c9-7(12-13)6-8(11-2-1-10-6)15-5-3-14-4-5/h1-2,5,13H,3-4H2,(H2,9,12). The van der Waals surface area contributed by atoms with Gasteiger partial charge in [0.25, 0.3) is 0 Å². The molecule has 80 valence electrons. The van der Waals surface area contributed by atoms with Crippen molar-refractivity contribution in [2.24, 2.45) is 10.9 Å². The van der Waals surface area contributed by atoms with Gasteiger partial charge in [0.1, 0.15) is 6.10 Å². The molecule has 0 radical (unpaired) electrons. The van der Waals surface area contributed by atoms with Gasteiger partial charge in [0, 0.05) is 12.4 Å². The Labute approximate surface area is 85.5 Å². The molecule has 1 aliphatic heterocycles. The molecule has 0 atom stereocenters. The van der Waals surface area contributed by atoms with Crippen molar-refractivity contribution >= 4 is 5.84 Å². The molecule has 0 aromatic carbocycles. The molecule has 0 saturated carbocycles. The molecule has 15 heavy (non-hydrogen) atoms. The maximum Gasteiger partial charge on any atom is 0.244 e. The molecule has 1 aromatic rings. The van der Waals surface area contributed by atoms with Crippen molar-refractivity contribution in [1.82, 2.24) is 9.97 Å². The summed E-state index contributed by atoms with van der Waals surface area (Å²) in [5.41, 5.74) is 5.65. The van der Waals surface area contributed by atoms with Gasteiger partial charge in [-0.2, -0.15) is 0 Å². The Bertz CT molecular complexity index is 378. The van der Waals surface area contributed by atoms with Gasteiger partial charge in [0.15, 0.2) is 11.5 Å². The van der Waals surface area contributed by atoms with Gasteiger partial charge >= 0.3 is 0 Å². The topological polar surface area (TPSA) is 103 Å². The van der Waals surface area contributed by atoms with E-state index in [0.717, 1.165) is 0 Å². The third-order valence-corrected chi connectivity index (χ3v) is 1.90. The number of amidine groups is 1. The van der Waals surface area contributed by atoms with Gasteiger partial charge in [0.2, 0.25) is 5.88 Å². The molecule has 7 nitrogen and oxygen atoms in total. The van der Waals surface area contributed by atoms with Crippen LogP contribution in [0, 0.1) is 0 Å². The van der Waals surface area contributed by atoms with Crippen LogP contribution in [-0.2, 0) is 4.74 Å². The SMILES string of the molecule is NC(=NO)c1nccnc1OC1COC1. The Morgan fingerprint density at radius 2 is 2.27 bits per heavy atom. The lowest BCUT2D eigenvalue weighted by molar-refractivity contribution is -0.0815. The zero-order valence-corrected chi connectivity index (χ0v) is 7.83. The second-order valence-corrected chi connectivity index (χ2v) is 2.97. The fraction of sp³-hybridized carbons (Fsp3) is 0.375. The summed E-state index contributed by atoms with van der Waals surface area (Å²) in [6.45, 7) is 1.04. The Morgan fingerprint density at radius 1 is 1.53 bits per heavy atom. The summed E-state index contributed by atoms with van der Waals surface area (Å²) < 4.78 is 10.4. The van der Waals surface area contributed by atoms with Gasteiger partial charge in [0.05, 0.1) is 13.2 Å². The Morgan fingerprint density at radius 3 is 2.87 bits per heavy atom. The number of hydrogen-bond acceptors (Lipinski definition) is 6. The molecule has 0 spiro atoms. The van der Waals surface area contributed by atoms with Crippen LogP contribution in [0.15, 0.2) is 17.5 Å². The van der Waals surface area contributed by atoms with E-state index in [9.17, 15) is 0 Å². The molecule has 2 rings (SSSR count). The molecule has 2 heterocycles. The third-order valence-electron chi connectivity index (χ3n) is 1.90. The minimum Gasteiger partial charge on any atom is -0.468 e. The van der Waals surface area contributed by atoms with Crippen molar-refractivity contribution in [3.63, 3.8) is 0 Å². The highest BCUT2D eigenvalue weighted by Gasteiger charge is 2.23. The van der Waals surface area contributed by atoms with Crippen LogP contribution in [-0.4, -0.2) is 40.3 Å². The van der Waals surface area contributed by atoms with Crippen LogP contribution in [0.25, 0.3) is 0 Å². The van der Waals surface area contributed by atoms with E-state index in [1.54, 1.807) is 0 Å². The van der Waals surface area contributed by atoms with Crippen molar-refractivity contribution in [3.05, 3.63) is 18.1 Å². The zero-order chi connectivity index (χ0) is 10.7. The fourth-order valence-corrected chi connectivity index (χ4v) is 1.07. The second kappa shape index (κ2) is 4.09. The average Bonchev–Trinajstić information content (AvgIpc) is 2.23. The number of oxime groups is 1. The average molecular weight is 210 g/mol. The number of rotatable bonds is 3. The summed E-state index contributed by atoms with van der Waals surface area (Å²) in [6.07, 6.45) is 2.88. The number of hydrogen-bond donors (Lipinski definition) is 2. The molecule has 1 aliphatic rings. The first-order valence-electron chi connectivity index (χ1n) is 4.34. The first kappa shape index (κ1) is 9.66. The van der Waals surface area contributed by atoms with Gasteiger partial charge < -0.3 is 20.4 Å². The van der Waals surface area contributed by atoms with Crippen molar-refractivity contribution < 1.29 is 14.7 Å². The molecule has 0 bridgehead atoms. The van der Waals surface area contributed by atoms with Crippen LogP contribution in [0.4, 0.5) is 0 Å². The van der Waals surface area contributed by atoms with E-state index >= 15 is 0 Å². The summed E-state index contributed by atoms with van der Waals surface area (Å²) in [5, 5.41) is 11.4. The minimum atomic E-state index is -0.127. The summed E-state index contributed by atoms with van der Waals surface area (Å²) in [5.74, 6) is 0.124. The van der Waals surface area contributed by atoms with Crippen LogP contribution in [0.3, 0.4) is 0 Å². The lowest BCUT2D eigenvalue weighted by Gasteiger charge is -2.26. The number of ether oxygens (including phenoxy) is 2. The minimum absolute atomic E-state index is 0.0352. The van der Waals surface area contributed by atoms with Crippen LogP contribution in [0.5, 0.6) is 5.88 Å². The molecular weight excluding hydrogens is 200 g/mol. The summed E-state index contributed by atoms with van der Waals surface area (Å²) >= 11 is 0. The molecule has 0 unspecified atom stereocenters. The smallest absolute Gasteiger partial charge is 0.244 e. The molecule has 0 aliphatic carbocycles. The highest BCUT2D eigenvalue weighted by molar-refractivity contribution is 5.97. The maximum atomic E-state index is 8.53. The van der Waals surface area contributed by atoms with Crippen molar-refractivity contribution in [1.29, 1.82) is 0 Å². The van der Waals surface area contributed by atoms with E-state index in [4.69, 9.17) is 20.4 Å². The van der Waals surface area contributed by atoms with E-state index in [-0.39, 0.29) is 23.5 Å². The monoisotopic (exact) mass is 210 g/mol. The van der Waals surface area contributed by atoms with Crippen molar-refractivity contribution in [2.45, 2.75) is 6.10 Å². The quantitative estimate of drug-likeness (QED) is 0.297. The second-order valence-electron chi connectivity index (χ2n) is 2.97. The van der Waals surface area contributed by atoms with Crippen molar-refractivity contribution in [2.75, 3.05) is 13.2 Å². The summed E-state index contributed by atoms with van der Waals surface area (Å²) in [7, 11) is 0. The van der Waals surface area contributed by atoms with Crippen LogP contribution in [0.2, 0.25) is 0 Å². The van der Waals surface area contributed by atoms with Gasteiger partial charge in [-0.25, -0.2) is 9.97 Å². The summed E-state index contributed by atoms with van der Waals surface area (Å²) in [6, 6.07) is 0. The lowest BCUT2D eigenvalue weighted by atomic mass is 10.3. The van der Waals surface area contributed by atoms with E-state index < -0.39 is 0 Å². The predicted octanol–water partition coefficient (Wildman–Crippen LogP) is -0.651. The van der Waals surface area contributed by atoms with Crippen LogP contribution < -0.4 is 10.5 Å². The van der Waals surface area contributed by atoms with E-state index in [0.29, 0.717) is 13.2 Å². The van der Waals surface area contributed by atoms with Gasteiger partial charge in [-0.3, -0.25) is 0 Å². The Balaban J connectivity index is 2.20. The fourth-order valence-electron chi connectivity index (χ4n) is 1.07. The number of aromatic nitrogens is 2. The molecule has 1 aromatic heterocycles. The van der Waals surface area contributed by atoms with Crippen LogP contribution in [0.1, 0.15) is 5.69 Å². The zero-order valence-electron chi connectivity index (χ0n) is 7.83. The molecule has 1 saturated heterocycles.